The minimum Gasteiger partial charge on any atom is -0.497 e. The zero-order valence-corrected chi connectivity index (χ0v) is 11.1. The van der Waals surface area contributed by atoms with Crippen LogP contribution in [0.25, 0.3) is 0 Å². The van der Waals surface area contributed by atoms with Crippen molar-refractivity contribution in [1.29, 1.82) is 0 Å². The van der Waals surface area contributed by atoms with Gasteiger partial charge in [0.15, 0.2) is 0 Å². The lowest BCUT2D eigenvalue weighted by atomic mass is 10.1. The fraction of sp³-hybridized carbons (Fsp3) is 0.417. The van der Waals surface area contributed by atoms with E-state index in [0.29, 0.717) is 6.54 Å². The van der Waals surface area contributed by atoms with E-state index in [2.05, 4.69) is 21.2 Å². The third-order valence-electron chi connectivity index (χ3n) is 2.21. The molecule has 0 saturated heterocycles. The normalized spacial score (nSPS) is 11.9. The van der Waals surface area contributed by atoms with Crippen LogP contribution in [0, 0.1) is 0 Å². The number of benzene rings is 1. The van der Waals surface area contributed by atoms with Gasteiger partial charge in [0.05, 0.1) is 11.9 Å². The predicted octanol–water partition coefficient (Wildman–Crippen LogP) is 2.14. The minimum absolute atomic E-state index is 0.0166. The van der Waals surface area contributed by atoms with Gasteiger partial charge in [-0.2, -0.15) is 0 Å². The van der Waals surface area contributed by atoms with E-state index in [4.69, 9.17) is 4.74 Å². The van der Waals surface area contributed by atoms with Crippen LogP contribution >= 0.6 is 15.9 Å². The number of hydrogen-bond acceptors (Lipinski definition) is 2. The molecule has 1 atom stereocenters. The molecule has 0 aliphatic carbocycles. The topological polar surface area (TPSA) is 38.3 Å². The Balaban J connectivity index is 2.40. The zero-order valence-electron chi connectivity index (χ0n) is 9.50. The number of nitrogens with one attached hydrogen (secondary N) is 1. The molecule has 16 heavy (non-hydrogen) atoms. The molecule has 0 aliphatic heterocycles. The van der Waals surface area contributed by atoms with Crippen molar-refractivity contribution in [2.45, 2.75) is 18.2 Å². The van der Waals surface area contributed by atoms with Gasteiger partial charge in [0.25, 0.3) is 0 Å². The number of alkyl halides is 1. The Morgan fingerprint density at radius 1 is 1.56 bits per heavy atom. The number of carbonyl (C=O) groups is 1. The lowest BCUT2D eigenvalue weighted by molar-refractivity contribution is -0.120. The van der Waals surface area contributed by atoms with E-state index in [1.807, 2.05) is 24.3 Å². The number of rotatable bonds is 5. The van der Waals surface area contributed by atoms with Crippen molar-refractivity contribution >= 4 is 21.8 Å². The smallest absolute Gasteiger partial charge is 0.233 e. The molecule has 1 unspecified atom stereocenters. The molecule has 4 heteroatoms. The molecule has 1 aromatic carbocycles. The molecule has 0 fully saturated rings. The van der Waals surface area contributed by atoms with Crippen molar-refractivity contribution in [3.63, 3.8) is 0 Å². The van der Waals surface area contributed by atoms with E-state index in [-0.39, 0.29) is 10.7 Å². The van der Waals surface area contributed by atoms with Gasteiger partial charge in [0.2, 0.25) is 5.91 Å². The van der Waals surface area contributed by atoms with Gasteiger partial charge in [0, 0.05) is 6.54 Å². The van der Waals surface area contributed by atoms with E-state index in [1.54, 1.807) is 14.0 Å². The Bertz CT molecular complexity index is 353. The van der Waals surface area contributed by atoms with Crippen molar-refractivity contribution in [1.82, 2.24) is 5.32 Å². The maximum atomic E-state index is 11.3. The molecule has 0 heterocycles. The molecule has 0 radical (unpaired) electrons. The summed E-state index contributed by atoms with van der Waals surface area (Å²) in [6, 6.07) is 7.85. The van der Waals surface area contributed by atoms with E-state index in [1.165, 1.54) is 0 Å². The Kier molecular flexibility index (Phi) is 5.32. The first-order chi connectivity index (χ1) is 7.63. The number of methoxy groups -OCH3 is 1. The highest BCUT2D eigenvalue weighted by molar-refractivity contribution is 9.10. The highest BCUT2D eigenvalue weighted by Gasteiger charge is 2.06. The standard InChI is InChI=1S/C12H16BrNO2/c1-9(13)12(15)14-7-6-10-4-3-5-11(8-10)16-2/h3-5,8-9H,6-7H2,1-2H3,(H,14,15). The summed E-state index contributed by atoms with van der Waals surface area (Å²) in [6.07, 6.45) is 0.808. The van der Waals surface area contributed by atoms with Crippen LogP contribution in [0.5, 0.6) is 5.75 Å². The molecular weight excluding hydrogens is 270 g/mol. The Labute approximate surface area is 104 Å². The molecular formula is C12H16BrNO2. The lowest BCUT2D eigenvalue weighted by Crippen LogP contribution is -2.30. The minimum atomic E-state index is -0.141. The summed E-state index contributed by atoms with van der Waals surface area (Å²) in [5, 5.41) is 2.84. The number of hydrogen-bond donors (Lipinski definition) is 1. The van der Waals surface area contributed by atoms with Gasteiger partial charge in [-0.1, -0.05) is 28.1 Å². The van der Waals surface area contributed by atoms with Crippen LogP contribution < -0.4 is 10.1 Å². The van der Waals surface area contributed by atoms with Crippen LogP contribution in [0.2, 0.25) is 0 Å². The summed E-state index contributed by atoms with van der Waals surface area (Å²) in [6.45, 7) is 2.45. The summed E-state index contributed by atoms with van der Waals surface area (Å²) in [5.41, 5.74) is 1.15. The first kappa shape index (κ1) is 13.0. The van der Waals surface area contributed by atoms with Gasteiger partial charge in [-0.05, 0) is 31.0 Å². The number of amides is 1. The first-order valence-corrected chi connectivity index (χ1v) is 6.09. The number of ether oxygens (including phenoxy) is 1. The predicted molar refractivity (Wildman–Crippen MR) is 68.1 cm³/mol. The lowest BCUT2D eigenvalue weighted by Gasteiger charge is -2.07. The van der Waals surface area contributed by atoms with E-state index in [9.17, 15) is 4.79 Å². The van der Waals surface area contributed by atoms with Crippen molar-refractivity contribution < 1.29 is 9.53 Å². The second kappa shape index (κ2) is 6.53. The van der Waals surface area contributed by atoms with Gasteiger partial charge in [0.1, 0.15) is 5.75 Å². The summed E-state index contributed by atoms with van der Waals surface area (Å²) >= 11 is 3.22. The molecule has 0 aromatic heterocycles. The van der Waals surface area contributed by atoms with Gasteiger partial charge in [-0.3, -0.25) is 4.79 Å². The van der Waals surface area contributed by atoms with Crippen LogP contribution in [0.4, 0.5) is 0 Å². The van der Waals surface area contributed by atoms with Crippen molar-refractivity contribution in [2.75, 3.05) is 13.7 Å². The largest absolute Gasteiger partial charge is 0.497 e. The van der Waals surface area contributed by atoms with Crippen LogP contribution in [-0.4, -0.2) is 24.4 Å². The molecule has 1 aromatic rings. The van der Waals surface area contributed by atoms with Gasteiger partial charge in [-0.15, -0.1) is 0 Å². The highest BCUT2D eigenvalue weighted by atomic mass is 79.9. The monoisotopic (exact) mass is 285 g/mol. The molecule has 1 rings (SSSR count). The molecule has 0 spiro atoms. The quantitative estimate of drug-likeness (QED) is 0.842. The van der Waals surface area contributed by atoms with Crippen LogP contribution in [0.1, 0.15) is 12.5 Å². The maximum absolute atomic E-state index is 11.3. The summed E-state index contributed by atoms with van der Waals surface area (Å²) in [5.74, 6) is 0.862. The van der Waals surface area contributed by atoms with Crippen LogP contribution in [0.15, 0.2) is 24.3 Å². The maximum Gasteiger partial charge on any atom is 0.233 e. The third-order valence-corrected chi connectivity index (χ3v) is 2.62. The summed E-state index contributed by atoms with van der Waals surface area (Å²) in [7, 11) is 1.65. The number of carbonyl (C=O) groups excluding carboxylic acids is 1. The molecule has 88 valence electrons. The molecule has 3 nitrogen and oxygen atoms in total. The second-order valence-corrected chi connectivity index (χ2v) is 4.88. The summed E-state index contributed by atoms with van der Waals surface area (Å²) in [4.78, 5) is 11.1. The van der Waals surface area contributed by atoms with Crippen LogP contribution in [0.3, 0.4) is 0 Å². The fourth-order valence-electron chi connectivity index (χ4n) is 1.30. The van der Waals surface area contributed by atoms with Crippen molar-refractivity contribution in [3.8, 4) is 5.75 Å². The van der Waals surface area contributed by atoms with Crippen molar-refractivity contribution in [3.05, 3.63) is 29.8 Å². The highest BCUT2D eigenvalue weighted by Crippen LogP contribution is 2.12. The average Bonchev–Trinajstić information content (AvgIpc) is 2.29. The Hall–Kier alpha value is -1.03. The van der Waals surface area contributed by atoms with E-state index >= 15 is 0 Å². The molecule has 0 aliphatic rings. The van der Waals surface area contributed by atoms with Crippen LogP contribution in [-0.2, 0) is 11.2 Å². The number of halogens is 1. The molecule has 1 amide bonds. The molecule has 0 bridgehead atoms. The van der Waals surface area contributed by atoms with E-state index < -0.39 is 0 Å². The second-order valence-electron chi connectivity index (χ2n) is 3.51. The molecule has 1 N–H and O–H groups in total. The summed E-state index contributed by atoms with van der Waals surface area (Å²) < 4.78 is 5.13. The van der Waals surface area contributed by atoms with E-state index in [0.717, 1.165) is 17.7 Å². The first-order valence-electron chi connectivity index (χ1n) is 5.18. The average molecular weight is 286 g/mol. The third kappa shape index (κ3) is 4.23. The Morgan fingerprint density at radius 3 is 2.94 bits per heavy atom. The Morgan fingerprint density at radius 2 is 2.31 bits per heavy atom. The fourth-order valence-corrected chi connectivity index (χ4v) is 1.46. The van der Waals surface area contributed by atoms with Gasteiger partial charge in [-0.25, -0.2) is 0 Å². The SMILES string of the molecule is COc1cccc(CCNC(=O)C(C)Br)c1. The zero-order chi connectivity index (χ0) is 12.0. The molecule has 0 saturated carbocycles. The van der Waals surface area contributed by atoms with Gasteiger partial charge < -0.3 is 10.1 Å². The van der Waals surface area contributed by atoms with Crippen molar-refractivity contribution in [2.24, 2.45) is 0 Å². The van der Waals surface area contributed by atoms with Gasteiger partial charge >= 0.3 is 0 Å².